The van der Waals surface area contributed by atoms with Gasteiger partial charge in [-0.1, -0.05) is 294 Å². The van der Waals surface area contributed by atoms with E-state index in [1.807, 2.05) is 6.08 Å². The molecule has 390 valence electrons. The van der Waals surface area contributed by atoms with Gasteiger partial charge in [0.2, 0.25) is 5.91 Å². The van der Waals surface area contributed by atoms with Gasteiger partial charge in [0.1, 0.15) is 0 Å². The fraction of sp³-hybridized carbons (Fsp3) is 0.885. The molecule has 3 unspecified atom stereocenters. The van der Waals surface area contributed by atoms with Gasteiger partial charge in [-0.25, -0.2) is 0 Å². The number of aliphatic hydroxyl groups excluding tert-OH is 3. The maximum atomic E-state index is 12.5. The third-order valence-electron chi connectivity index (χ3n) is 13.9. The number of hydrogen-bond donors (Lipinski definition) is 4. The number of allylic oxidation sites excluding steroid dienone is 5. The maximum absolute atomic E-state index is 12.5. The zero-order chi connectivity index (χ0) is 47.9. The van der Waals surface area contributed by atoms with Crippen molar-refractivity contribution in [1.82, 2.24) is 5.32 Å². The smallest absolute Gasteiger partial charge is 0.222 e. The Kier molecular flexibility index (Phi) is 54.9. The number of unbranched alkanes of at least 4 members (excludes halogenated alkanes) is 42. The Morgan fingerprint density at radius 1 is 0.379 bits per heavy atom. The summed E-state index contributed by atoms with van der Waals surface area (Å²) in [5, 5.41) is 33.5. The van der Waals surface area contributed by atoms with Crippen molar-refractivity contribution < 1.29 is 20.1 Å². The van der Waals surface area contributed by atoms with Crippen LogP contribution in [0.4, 0.5) is 0 Å². The van der Waals surface area contributed by atoms with Crippen LogP contribution in [-0.4, -0.2) is 46.1 Å². The van der Waals surface area contributed by atoms with Crippen LogP contribution >= 0.6 is 0 Å². The van der Waals surface area contributed by atoms with E-state index in [4.69, 9.17) is 0 Å². The summed E-state index contributed by atoms with van der Waals surface area (Å²) >= 11 is 0. The lowest BCUT2D eigenvalue weighted by Crippen LogP contribution is -2.45. The average molecular weight is 929 g/mol. The Bertz CT molecular complexity index is 1020. The van der Waals surface area contributed by atoms with Crippen molar-refractivity contribution in [3.8, 4) is 0 Å². The highest BCUT2D eigenvalue weighted by molar-refractivity contribution is 5.76. The Labute approximate surface area is 413 Å². The third kappa shape index (κ3) is 52.0. The predicted molar refractivity (Wildman–Crippen MR) is 291 cm³/mol. The van der Waals surface area contributed by atoms with Crippen molar-refractivity contribution in [2.24, 2.45) is 0 Å². The molecule has 0 rings (SSSR count). The van der Waals surface area contributed by atoms with Gasteiger partial charge in [-0.05, 0) is 57.8 Å². The molecule has 0 saturated carbocycles. The summed E-state index contributed by atoms with van der Waals surface area (Å²) in [6, 6.07) is -0.762. The molecule has 0 bridgehead atoms. The molecule has 66 heavy (non-hydrogen) atoms. The molecule has 0 aliphatic heterocycles. The molecule has 0 aromatic heterocycles. The second-order valence-electron chi connectivity index (χ2n) is 20.6. The van der Waals surface area contributed by atoms with E-state index in [0.717, 1.165) is 32.1 Å². The van der Waals surface area contributed by atoms with Crippen LogP contribution in [0.25, 0.3) is 0 Å². The van der Waals surface area contributed by atoms with E-state index in [1.54, 1.807) is 6.08 Å². The van der Waals surface area contributed by atoms with E-state index in [0.29, 0.717) is 6.42 Å². The monoisotopic (exact) mass is 928 g/mol. The molecule has 0 fully saturated rings. The molecular weight excluding hydrogens is 811 g/mol. The third-order valence-corrected chi connectivity index (χ3v) is 13.9. The minimum Gasteiger partial charge on any atom is -0.394 e. The fourth-order valence-electron chi connectivity index (χ4n) is 9.35. The van der Waals surface area contributed by atoms with Gasteiger partial charge >= 0.3 is 0 Å². The molecule has 3 atom stereocenters. The van der Waals surface area contributed by atoms with Crippen LogP contribution in [0.5, 0.6) is 0 Å². The minimum absolute atomic E-state index is 0.00732. The molecule has 5 heteroatoms. The molecule has 0 spiro atoms. The number of hydrogen-bond acceptors (Lipinski definition) is 4. The summed E-state index contributed by atoms with van der Waals surface area (Å²) in [5.74, 6) is -0.321. The van der Waals surface area contributed by atoms with Crippen molar-refractivity contribution in [3.63, 3.8) is 0 Å². The SMILES string of the molecule is CCCCCCCCCCCCCC/C=C\CCCCCCCCCCCCCCC(O)CC(=O)NC(CO)C(O)/C=C/CC/C=C/CCCCCCCCCCCCCCCCCCC. The molecule has 0 aromatic rings. The molecule has 0 saturated heterocycles. The summed E-state index contributed by atoms with van der Waals surface area (Å²) in [7, 11) is 0. The largest absolute Gasteiger partial charge is 0.394 e. The topological polar surface area (TPSA) is 89.8 Å². The highest BCUT2D eigenvalue weighted by atomic mass is 16.3. The Morgan fingerprint density at radius 2 is 0.652 bits per heavy atom. The van der Waals surface area contributed by atoms with Gasteiger partial charge in [0.25, 0.3) is 0 Å². The van der Waals surface area contributed by atoms with Crippen molar-refractivity contribution in [2.75, 3.05) is 6.61 Å². The zero-order valence-corrected chi connectivity index (χ0v) is 44.6. The lowest BCUT2D eigenvalue weighted by Gasteiger charge is -2.21. The van der Waals surface area contributed by atoms with Crippen molar-refractivity contribution in [2.45, 2.75) is 340 Å². The maximum Gasteiger partial charge on any atom is 0.222 e. The van der Waals surface area contributed by atoms with Crippen LogP contribution in [0, 0.1) is 0 Å². The second-order valence-corrected chi connectivity index (χ2v) is 20.6. The van der Waals surface area contributed by atoms with Gasteiger partial charge in [-0.2, -0.15) is 0 Å². The molecule has 0 heterocycles. The van der Waals surface area contributed by atoms with Gasteiger partial charge in [-0.3, -0.25) is 4.79 Å². The number of carbonyl (C=O) groups excluding carboxylic acids is 1. The standard InChI is InChI=1S/C61H117NO4/c1-3-5-7-9-11-13-15-17-19-21-23-25-27-28-29-30-31-33-34-36-38-40-42-44-46-48-50-52-54-58(64)56-61(66)62-59(57-63)60(65)55-53-51-49-47-45-43-41-39-37-35-32-26-24-22-20-18-16-14-12-10-8-6-4-2/h28-29,45,47,53,55,58-60,63-65H,3-27,30-44,46,48-52,54,56-57H2,1-2H3,(H,62,66)/b29-28-,47-45+,55-53+. The molecule has 0 aliphatic rings. The number of amides is 1. The number of nitrogens with one attached hydrogen (secondary N) is 1. The van der Waals surface area contributed by atoms with Crippen LogP contribution in [0.2, 0.25) is 0 Å². The molecule has 0 radical (unpaired) electrons. The van der Waals surface area contributed by atoms with Crippen molar-refractivity contribution in [1.29, 1.82) is 0 Å². The first-order valence-electron chi connectivity index (χ1n) is 29.8. The van der Waals surface area contributed by atoms with E-state index in [9.17, 15) is 20.1 Å². The lowest BCUT2D eigenvalue weighted by molar-refractivity contribution is -0.124. The first-order valence-corrected chi connectivity index (χ1v) is 29.8. The minimum atomic E-state index is -0.953. The van der Waals surface area contributed by atoms with Crippen LogP contribution < -0.4 is 5.32 Å². The molecule has 0 aliphatic carbocycles. The summed E-state index contributed by atoms with van der Waals surface area (Å²) in [6.45, 7) is 4.24. The molecule has 1 amide bonds. The average Bonchev–Trinajstić information content (AvgIpc) is 3.31. The Hall–Kier alpha value is -1.43. The molecule has 0 aromatic carbocycles. The number of carbonyl (C=O) groups is 1. The van der Waals surface area contributed by atoms with Crippen LogP contribution in [0.1, 0.15) is 322 Å². The molecule has 5 nitrogen and oxygen atoms in total. The zero-order valence-electron chi connectivity index (χ0n) is 44.6. The van der Waals surface area contributed by atoms with Crippen molar-refractivity contribution in [3.05, 3.63) is 36.5 Å². The molecular formula is C61H117NO4. The van der Waals surface area contributed by atoms with E-state index in [-0.39, 0.29) is 18.9 Å². The Balaban J connectivity index is 3.57. The predicted octanol–water partition coefficient (Wildman–Crippen LogP) is 18.6. The van der Waals surface area contributed by atoms with Crippen molar-refractivity contribution >= 4 is 5.91 Å². The van der Waals surface area contributed by atoms with Gasteiger partial charge in [0.15, 0.2) is 0 Å². The van der Waals surface area contributed by atoms with Gasteiger partial charge in [-0.15, -0.1) is 0 Å². The van der Waals surface area contributed by atoms with E-state index in [2.05, 4.69) is 43.5 Å². The number of rotatable bonds is 55. The summed E-state index contributed by atoms with van der Waals surface area (Å²) < 4.78 is 0. The quantitative estimate of drug-likeness (QED) is 0.0361. The van der Waals surface area contributed by atoms with E-state index < -0.39 is 18.2 Å². The van der Waals surface area contributed by atoms with E-state index >= 15 is 0 Å². The normalized spacial score (nSPS) is 13.5. The lowest BCUT2D eigenvalue weighted by atomic mass is 10.0. The van der Waals surface area contributed by atoms with Gasteiger partial charge in [0, 0.05) is 0 Å². The van der Waals surface area contributed by atoms with Crippen LogP contribution in [0.3, 0.4) is 0 Å². The highest BCUT2D eigenvalue weighted by Crippen LogP contribution is 2.17. The van der Waals surface area contributed by atoms with Crippen LogP contribution in [-0.2, 0) is 4.79 Å². The Morgan fingerprint density at radius 3 is 0.970 bits per heavy atom. The first kappa shape index (κ1) is 64.6. The fourth-order valence-corrected chi connectivity index (χ4v) is 9.35. The second kappa shape index (κ2) is 56.2. The van der Waals surface area contributed by atoms with Crippen LogP contribution in [0.15, 0.2) is 36.5 Å². The van der Waals surface area contributed by atoms with E-state index in [1.165, 1.54) is 263 Å². The summed E-state index contributed by atoms with van der Waals surface area (Å²) in [5.41, 5.74) is 0. The van der Waals surface area contributed by atoms with Gasteiger partial charge < -0.3 is 20.6 Å². The summed E-state index contributed by atoms with van der Waals surface area (Å²) in [6.07, 6.45) is 73.5. The van der Waals surface area contributed by atoms with Gasteiger partial charge in [0.05, 0.1) is 31.3 Å². The number of aliphatic hydroxyl groups is 3. The highest BCUT2D eigenvalue weighted by Gasteiger charge is 2.20. The molecule has 4 N–H and O–H groups in total. The summed E-state index contributed by atoms with van der Waals surface area (Å²) in [4.78, 5) is 12.5. The first-order chi connectivity index (χ1) is 32.5.